The van der Waals surface area contributed by atoms with Crippen molar-refractivity contribution in [2.24, 2.45) is 10.9 Å². The smallest absolute Gasteiger partial charge is 0.410 e. The molecule has 0 bridgehead atoms. The zero-order valence-electron chi connectivity index (χ0n) is 17.6. The average Bonchev–Trinajstić information content (AvgIpc) is 2.60. The number of aliphatic imine (C=N–C) groups is 1. The van der Waals surface area contributed by atoms with Crippen molar-refractivity contribution in [1.29, 1.82) is 0 Å². The second-order valence-corrected chi connectivity index (χ2v) is 7.58. The second-order valence-electron chi connectivity index (χ2n) is 7.58. The fourth-order valence-electron chi connectivity index (χ4n) is 2.47. The third kappa shape index (κ3) is 8.66. The fourth-order valence-corrected chi connectivity index (χ4v) is 2.47. The summed E-state index contributed by atoms with van der Waals surface area (Å²) in [6.45, 7) is 9.53. The van der Waals surface area contributed by atoms with Crippen LogP contribution < -0.4 is 15.4 Å². The quantitative estimate of drug-likeness (QED) is 0.564. The molecular weight excluding hydrogens is 344 g/mol. The number of rotatable bonds is 7. The summed E-state index contributed by atoms with van der Waals surface area (Å²) in [5, 5.41) is 6.57. The van der Waals surface area contributed by atoms with Crippen LogP contribution in [0.15, 0.2) is 29.3 Å². The van der Waals surface area contributed by atoms with Crippen molar-refractivity contribution in [3.05, 3.63) is 29.8 Å². The minimum Gasteiger partial charge on any atom is -0.496 e. The minimum absolute atomic E-state index is 0.229. The molecule has 0 radical (unpaired) electrons. The van der Waals surface area contributed by atoms with Gasteiger partial charge in [0, 0.05) is 39.3 Å². The molecule has 152 valence electrons. The van der Waals surface area contributed by atoms with E-state index in [1.165, 1.54) is 0 Å². The van der Waals surface area contributed by atoms with Crippen molar-refractivity contribution in [3.63, 3.8) is 0 Å². The summed E-state index contributed by atoms with van der Waals surface area (Å²) in [6.07, 6.45) is -0.312. The third-order valence-corrected chi connectivity index (χ3v) is 3.77. The molecule has 2 N–H and O–H groups in total. The van der Waals surface area contributed by atoms with E-state index >= 15 is 0 Å². The van der Waals surface area contributed by atoms with Gasteiger partial charge in [-0.15, -0.1) is 0 Å². The van der Waals surface area contributed by atoms with E-state index in [0.717, 1.165) is 11.3 Å². The number of hydrogen-bond donors (Lipinski definition) is 2. The zero-order chi connectivity index (χ0) is 20.4. The van der Waals surface area contributed by atoms with Crippen molar-refractivity contribution >= 4 is 12.1 Å². The molecule has 0 saturated carbocycles. The number of guanidine groups is 1. The van der Waals surface area contributed by atoms with Gasteiger partial charge < -0.3 is 25.0 Å². The summed E-state index contributed by atoms with van der Waals surface area (Å²) >= 11 is 0. The third-order valence-electron chi connectivity index (χ3n) is 3.77. The lowest BCUT2D eigenvalue weighted by Crippen LogP contribution is -2.42. The first kappa shape index (κ1) is 22.6. The largest absolute Gasteiger partial charge is 0.496 e. The van der Waals surface area contributed by atoms with Crippen molar-refractivity contribution in [3.8, 4) is 5.75 Å². The van der Waals surface area contributed by atoms with Crippen LogP contribution in [0.1, 0.15) is 33.3 Å². The number of amides is 1. The molecule has 0 aliphatic rings. The van der Waals surface area contributed by atoms with E-state index in [1.807, 2.05) is 45.0 Å². The number of nitrogens with zero attached hydrogens (tertiary/aromatic N) is 2. The van der Waals surface area contributed by atoms with Crippen LogP contribution in [0.5, 0.6) is 5.75 Å². The Morgan fingerprint density at radius 2 is 1.93 bits per heavy atom. The maximum absolute atomic E-state index is 12.0. The van der Waals surface area contributed by atoms with Crippen LogP contribution in [0.4, 0.5) is 4.79 Å². The van der Waals surface area contributed by atoms with E-state index in [1.54, 1.807) is 26.1 Å². The highest BCUT2D eigenvalue weighted by atomic mass is 16.6. The summed E-state index contributed by atoms with van der Waals surface area (Å²) in [4.78, 5) is 17.9. The summed E-state index contributed by atoms with van der Waals surface area (Å²) in [5.41, 5.74) is 0.567. The number of hydrogen-bond acceptors (Lipinski definition) is 4. The molecule has 1 aromatic carbocycles. The molecule has 1 atom stereocenters. The van der Waals surface area contributed by atoms with E-state index in [2.05, 4.69) is 22.5 Å². The van der Waals surface area contributed by atoms with Gasteiger partial charge in [0.25, 0.3) is 0 Å². The lowest BCUT2D eigenvalue weighted by atomic mass is 10.1. The van der Waals surface area contributed by atoms with E-state index < -0.39 is 5.60 Å². The molecule has 0 aromatic heterocycles. The molecule has 1 unspecified atom stereocenters. The Hall–Kier alpha value is -2.44. The van der Waals surface area contributed by atoms with Gasteiger partial charge in [-0.25, -0.2) is 4.79 Å². The highest BCUT2D eigenvalue weighted by Crippen LogP contribution is 2.16. The molecule has 1 rings (SSSR count). The van der Waals surface area contributed by atoms with Gasteiger partial charge in [0.15, 0.2) is 5.96 Å². The average molecular weight is 379 g/mol. The predicted octanol–water partition coefficient (Wildman–Crippen LogP) is 2.86. The Kier molecular flexibility index (Phi) is 8.91. The molecule has 1 amide bonds. The Bertz CT molecular complexity index is 626. The van der Waals surface area contributed by atoms with Gasteiger partial charge >= 0.3 is 6.09 Å². The molecule has 0 spiro atoms. The molecule has 0 saturated heterocycles. The van der Waals surface area contributed by atoms with Gasteiger partial charge in [0.1, 0.15) is 11.4 Å². The summed E-state index contributed by atoms with van der Waals surface area (Å²) in [7, 11) is 5.14. The molecule has 0 aliphatic carbocycles. The van der Waals surface area contributed by atoms with Crippen molar-refractivity contribution in [1.82, 2.24) is 15.5 Å². The van der Waals surface area contributed by atoms with E-state index in [4.69, 9.17) is 9.47 Å². The Labute approximate surface area is 163 Å². The molecule has 7 nitrogen and oxygen atoms in total. The first-order chi connectivity index (χ1) is 12.7. The first-order valence-corrected chi connectivity index (χ1v) is 9.16. The van der Waals surface area contributed by atoms with Crippen molar-refractivity contribution < 1.29 is 14.3 Å². The molecule has 1 aromatic rings. The Balaban J connectivity index is 2.44. The molecule has 7 heteroatoms. The SMILES string of the molecule is CN=C(NCc1ccccc1OC)NCC(C)CN(C)C(=O)OC(C)(C)C. The van der Waals surface area contributed by atoms with Crippen molar-refractivity contribution in [2.45, 2.75) is 39.8 Å². The molecular formula is C20H34N4O3. The Morgan fingerprint density at radius 3 is 2.52 bits per heavy atom. The number of benzene rings is 1. The zero-order valence-corrected chi connectivity index (χ0v) is 17.6. The van der Waals surface area contributed by atoms with Crippen LogP contribution in [-0.2, 0) is 11.3 Å². The fraction of sp³-hybridized carbons (Fsp3) is 0.600. The normalized spacial score (nSPS) is 12.9. The Morgan fingerprint density at radius 1 is 1.26 bits per heavy atom. The minimum atomic E-state index is -0.489. The maximum Gasteiger partial charge on any atom is 0.410 e. The number of methoxy groups -OCH3 is 1. The van der Waals surface area contributed by atoms with Crippen LogP contribution in [0.2, 0.25) is 0 Å². The van der Waals surface area contributed by atoms with Gasteiger partial charge in [-0.1, -0.05) is 25.1 Å². The lowest BCUT2D eigenvalue weighted by molar-refractivity contribution is 0.0278. The first-order valence-electron chi connectivity index (χ1n) is 9.16. The van der Waals surface area contributed by atoms with Gasteiger partial charge in [0.2, 0.25) is 0 Å². The molecule has 27 heavy (non-hydrogen) atoms. The van der Waals surface area contributed by atoms with E-state index in [9.17, 15) is 4.79 Å². The standard InChI is InChI=1S/C20H34N4O3/c1-15(14-24(6)19(25)27-20(2,3)4)12-22-18(21-5)23-13-16-10-8-9-11-17(16)26-7/h8-11,15H,12-14H2,1-7H3,(H2,21,22,23). The van der Waals surface area contributed by atoms with Crippen LogP contribution in [0, 0.1) is 5.92 Å². The number of ether oxygens (including phenoxy) is 2. The van der Waals surface area contributed by atoms with Crippen LogP contribution in [-0.4, -0.2) is 56.8 Å². The number of nitrogens with one attached hydrogen (secondary N) is 2. The highest BCUT2D eigenvalue weighted by molar-refractivity contribution is 5.79. The van der Waals surface area contributed by atoms with Gasteiger partial charge in [-0.2, -0.15) is 0 Å². The summed E-state index contributed by atoms with van der Waals surface area (Å²) in [6, 6.07) is 7.86. The van der Waals surface area contributed by atoms with Crippen molar-refractivity contribution in [2.75, 3.05) is 34.3 Å². The second kappa shape index (κ2) is 10.6. The maximum atomic E-state index is 12.0. The predicted molar refractivity (Wildman–Crippen MR) is 109 cm³/mol. The van der Waals surface area contributed by atoms with Gasteiger partial charge in [-0.05, 0) is 32.8 Å². The topological polar surface area (TPSA) is 75.2 Å². The van der Waals surface area contributed by atoms with Gasteiger partial charge in [-0.3, -0.25) is 4.99 Å². The van der Waals surface area contributed by atoms with Crippen LogP contribution in [0.3, 0.4) is 0 Å². The number of carbonyl (C=O) groups is 1. The van der Waals surface area contributed by atoms with E-state index in [0.29, 0.717) is 25.6 Å². The van der Waals surface area contributed by atoms with Crippen LogP contribution in [0.25, 0.3) is 0 Å². The molecule has 0 fully saturated rings. The summed E-state index contributed by atoms with van der Waals surface area (Å²) in [5.74, 6) is 1.77. The van der Waals surface area contributed by atoms with Crippen LogP contribution >= 0.6 is 0 Å². The number of carbonyl (C=O) groups excluding carboxylic acids is 1. The van der Waals surface area contributed by atoms with Gasteiger partial charge in [0.05, 0.1) is 7.11 Å². The monoisotopic (exact) mass is 378 g/mol. The lowest BCUT2D eigenvalue weighted by Gasteiger charge is -2.26. The number of para-hydroxylation sites is 1. The highest BCUT2D eigenvalue weighted by Gasteiger charge is 2.20. The summed E-state index contributed by atoms with van der Waals surface area (Å²) < 4.78 is 10.7. The van der Waals surface area contributed by atoms with E-state index in [-0.39, 0.29) is 12.0 Å². The molecule has 0 aliphatic heterocycles. The molecule has 0 heterocycles.